The molecule has 0 saturated carbocycles. The Balaban J connectivity index is 2.58. The Morgan fingerprint density at radius 1 is 1.30 bits per heavy atom. The highest BCUT2D eigenvalue weighted by Gasteiger charge is 2.21. The maximum Gasteiger partial charge on any atom is 0.321 e. The number of halogens is 1. The molecule has 1 amide bonds. The first-order valence-corrected chi connectivity index (χ1v) is 6.78. The van der Waals surface area contributed by atoms with Crippen molar-refractivity contribution in [2.24, 2.45) is 5.92 Å². The van der Waals surface area contributed by atoms with Crippen molar-refractivity contribution in [3.63, 3.8) is 0 Å². The van der Waals surface area contributed by atoms with E-state index < -0.39 is 12.0 Å². The SMILES string of the molecule is CC(C)CN[C@@H](CC(=O)Nc1ccccc1Cl)C(=O)O. The van der Waals surface area contributed by atoms with Crippen LogP contribution in [0.25, 0.3) is 0 Å². The molecule has 110 valence electrons. The predicted molar refractivity (Wildman–Crippen MR) is 79.0 cm³/mol. The summed E-state index contributed by atoms with van der Waals surface area (Å²) >= 11 is 5.92. The van der Waals surface area contributed by atoms with Gasteiger partial charge in [0, 0.05) is 0 Å². The standard InChI is InChI=1S/C14H19ClN2O3/c1-9(2)8-16-12(14(19)20)7-13(18)17-11-6-4-3-5-10(11)15/h3-6,9,12,16H,7-8H2,1-2H3,(H,17,18)(H,19,20)/t12-/m0/s1. The molecular formula is C14H19ClN2O3. The van der Waals surface area contributed by atoms with Crippen LogP contribution in [0.1, 0.15) is 20.3 Å². The largest absolute Gasteiger partial charge is 0.480 e. The first-order chi connectivity index (χ1) is 9.40. The molecule has 6 heteroatoms. The Labute approximate surface area is 123 Å². The number of carboxylic acids is 1. The van der Waals surface area contributed by atoms with E-state index in [2.05, 4.69) is 10.6 Å². The summed E-state index contributed by atoms with van der Waals surface area (Å²) in [5.74, 6) is -1.12. The third-order valence-corrected chi connectivity index (χ3v) is 2.94. The number of carboxylic acid groups (broad SMARTS) is 1. The zero-order valence-electron chi connectivity index (χ0n) is 11.5. The molecule has 0 heterocycles. The van der Waals surface area contributed by atoms with Crippen molar-refractivity contribution in [1.82, 2.24) is 5.32 Å². The third kappa shape index (κ3) is 5.59. The Kier molecular flexibility index (Phi) is 6.48. The van der Waals surface area contributed by atoms with Crippen LogP contribution in [-0.2, 0) is 9.59 Å². The molecule has 5 nitrogen and oxygen atoms in total. The number of carbonyl (C=O) groups excluding carboxylic acids is 1. The van der Waals surface area contributed by atoms with Crippen LogP contribution in [0.2, 0.25) is 5.02 Å². The predicted octanol–water partition coefficient (Wildman–Crippen LogP) is 2.37. The molecule has 3 N–H and O–H groups in total. The van der Waals surface area contributed by atoms with Gasteiger partial charge in [-0.05, 0) is 24.6 Å². The number of hydrogen-bond donors (Lipinski definition) is 3. The van der Waals surface area contributed by atoms with E-state index in [1.54, 1.807) is 24.3 Å². The van der Waals surface area contributed by atoms with Gasteiger partial charge in [-0.25, -0.2) is 0 Å². The molecule has 1 atom stereocenters. The van der Waals surface area contributed by atoms with Gasteiger partial charge in [-0.1, -0.05) is 37.6 Å². The molecule has 0 bridgehead atoms. The molecule has 0 saturated heterocycles. The van der Waals surface area contributed by atoms with Crippen molar-refractivity contribution in [3.8, 4) is 0 Å². The average molecular weight is 299 g/mol. The number of carbonyl (C=O) groups is 2. The lowest BCUT2D eigenvalue weighted by atomic mass is 10.1. The van der Waals surface area contributed by atoms with Crippen molar-refractivity contribution < 1.29 is 14.7 Å². The third-order valence-electron chi connectivity index (χ3n) is 2.61. The maximum atomic E-state index is 11.9. The molecule has 1 aromatic carbocycles. The number of amides is 1. The normalized spacial score (nSPS) is 12.2. The van der Waals surface area contributed by atoms with Gasteiger partial charge in [0.05, 0.1) is 17.1 Å². The zero-order chi connectivity index (χ0) is 15.1. The van der Waals surface area contributed by atoms with E-state index in [4.69, 9.17) is 16.7 Å². The van der Waals surface area contributed by atoms with Crippen molar-refractivity contribution in [1.29, 1.82) is 0 Å². The second kappa shape index (κ2) is 7.87. The topological polar surface area (TPSA) is 78.4 Å². The van der Waals surface area contributed by atoms with E-state index in [1.807, 2.05) is 13.8 Å². The summed E-state index contributed by atoms with van der Waals surface area (Å²) in [6, 6.07) is 5.91. The van der Waals surface area contributed by atoms with Crippen molar-refractivity contribution in [2.45, 2.75) is 26.3 Å². The van der Waals surface area contributed by atoms with Crippen LogP contribution >= 0.6 is 11.6 Å². The van der Waals surface area contributed by atoms with E-state index in [0.717, 1.165) is 0 Å². The van der Waals surface area contributed by atoms with Crippen LogP contribution < -0.4 is 10.6 Å². The number of hydrogen-bond acceptors (Lipinski definition) is 3. The van der Waals surface area contributed by atoms with Crippen molar-refractivity contribution in [2.75, 3.05) is 11.9 Å². The lowest BCUT2D eigenvalue weighted by Crippen LogP contribution is -2.41. The lowest BCUT2D eigenvalue weighted by molar-refractivity contribution is -0.141. The summed E-state index contributed by atoms with van der Waals surface area (Å²) in [7, 11) is 0. The molecule has 0 radical (unpaired) electrons. The summed E-state index contributed by atoms with van der Waals surface area (Å²) in [5.41, 5.74) is 0.479. The van der Waals surface area contributed by atoms with Gasteiger partial charge in [-0.3, -0.25) is 9.59 Å². The van der Waals surface area contributed by atoms with Gasteiger partial charge >= 0.3 is 5.97 Å². The Bertz CT molecular complexity index is 477. The smallest absolute Gasteiger partial charge is 0.321 e. The maximum absolute atomic E-state index is 11.9. The fraction of sp³-hybridized carbons (Fsp3) is 0.429. The summed E-state index contributed by atoms with van der Waals surface area (Å²) in [4.78, 5) is 22.9. The first kappa shape index (κ1) is 16.5. The van der Waals surface area contributed by atoms with Crippen molar-refractivity contribution in [3.05, 3.63) is 29.3 Å². The molecule has 0 unspecified atom stereocenters. The minimum atomic E-state index is -1.04. The van der Waals surface area contributed by atoms with Gasteiger partial charge in [0.2, 0.25) is 5.91 Å². The minimum absolute atomic E-state index is 0.146. The summed E-state index contributed by atoms with van der Waals surface area (Å²) in [6.45, 7) is 4.47. The number of para-hydroxylation sites is 1. The van der Waals surface area contributed by atoms with Crippen LogP contribution in [0.15, 0.2) is 24.3 Å². The second-order valence-corrected chi connectivity index (χ2v) is 5.33. The van der Waals surface area contributed by atoms with E-state index in [-0.39, 0.29) is 12.3 Å². The number of aliphatic carboxylic acids is 1. The van der Waals surface area contributed by atoms with Crippen LogP contribution in [-0.4, -0.2) is 29.6 Å². The zero-order valence-corrected chi connectivity index (χ0v) is 12.3. The number of nitrogens with one attached hydrogen (secondary N) is 2. The van der Waals surface area contributed by atoms with Gasteiger partial charge in [-0.15, -0.1) is 0 Å². The van der Waals surface area contributed by atoms with Gasteiger partial charge in [0.1, 0.15) is 6.04 Å². The van der Waals surface area contributed by atoms with E-state index in [1.165, 1.54) is 0 Å². The van der Waals surface area contributed by atoms with Gasteiger partial charge in [-0.2, -0.15) is 0 Å². The molecule has 1 rings (SSSR count). The van der Waals surface area contributed by atoms with Crippen molar-refractivity contribution >= 4 is 29.2 Å². The van der Waals surface area contributed by atoms with Crippen LogP contribution in [0.5, 0.6) is 0 Å². The van der Waals surface area contributed by atoms with Crippen LogP contribution in [0, 0.1) is 5.92 Å². The van der Waals surface area contributed by atoms with E-state index in [9.17, 15) is 9.59 Å². The molecule has 0 aliphatic carbocycles. The van der Waals surface area contributed by atoms with E-state index in [0.29, 0.717) is 23.2 Å². The number of anilines is 1. The monoisotopic (exact) mass is 298 g/mol. The lowest BCUT2D eigenvalue weighted by Gasteiger charge is -2.16. The first-order valence-electron chi connectivity index (χ1n) is 6.40. The van der Waals surface area contributed by atoms with Crippen LogP contribution in [0.3, 0.4) is 0 Å². The molecule has 0 spiro atoms. The summed E-state index contributed by atoms with van der Waals surface area (Å²) in [6.07, 6.45) is -0.146. The highest BCUT2D eigenvalue weighted by Crippen LogP contribution is 2.20. The molecule has 1 aromatic rings. The molecule has 0 fully saturated rings. The Morgan fingerprint density at radius 2 is 1.95 bits per heavy atom. The highest BCUT2D eigenvalue weighted by atomic mass is 35.5. The number of rotatable bonds is 7. The Morgan fingerprint density at radius 3 is 2.50 bits per heavy atom. The van der Waals surface area contributed by atoms with E-state index >= 15 is 0 Å². The number of benzene rings is 1. The molecule has 20 heavy (non-hydrogen) atoms. The molecule has 0 aliphatic rings. The fourth-order valence-corrected chi connectivity index (χ4v) is 1.76. The fourth-order valence-electron chi connectivity index (χ4n) is 1.57. The van der Waals surface area contributed by atoms with Crippen LogP contribution in [0.4, 0.5) is 5.69 Å². The molecular weight excluding hydrogens is 280 g/mol. The summed E-state index contributed by atoms with van der Waals surface area (Å²) < 4.78 is 0. The Hall–Kier alpha value is -1.59. The summed E-state index contributed by atoms with van der Waals surface area (Å²) in [5, 5.41) is 15.0. The molecule has 0 aliphatic heterocycles. The van der Waals surface area contributed by atoms with Gasteiger partial charge in [0.15, 0.2) is 0 Å². The quantitative estimate of drug-likeness (QED) is 0.722. The van der Waals surface area contributed by atoms with Gasteiger partial charge in [0.25, 0.3) is 0 Å². The minimum Gasteiger partial charge on any atom is -0.480 e. The van der Waals surface area contributed by atoms with Gasteiger partial charge < -0.3 is 15.7 Å². The highest BCUT2D eigenvalue weighted by molar-refractivity contribution is 6.33. The second-order valence-electron chi connectivity index (χ2n) is 4.93. The molecule has 0 aromatic heterocycles. The average Bonchev–Trinajstić information content (AvgIpc) is 2.36.